The number of ether oxygens (including phenoxy) is 1. The minimum absolute atomic E-state index is 0.414. The molecule has 18 heavy (non-hydrogen) atoms. The Morgan fingerprint density at radius 2 is 2.11 bits per heavy atom. The first-order valence-corrected chi connectivity index (χ1v) is 6.73. The van der Waals surface area contributed by atoms with Gasteiger partial charge < -0.3 is 4.74 Å². The molecule has 2 rings (SSSR count). The van der Waals surface area contributed by atoms with Crippen molar-refractivity contribution in [3.8, 4) is 5.75 Å². The number of benzene rings is 1. The summed E-state index contributed by atoms with van der Waals surface area (Å²) >= 11 is 9.63. The zero-order valence-corrected chi connectivity index (χ0v) is 12.8. The van der Waals surface area contributed by atoms with Gasteiger partial charge in [-0.15, -0.1) is 0 Å². The van der Waals surface area contributed by atoms with Gasteiger partial charge in [-0.1, -0.05) is 27.5 Å². The average Bonchev–Trinajstić information content (AvgIpc) is 2.56. The van der Waals surface area contributed by atoms with Crippen LogP contribution >= 0.6 is 27.5 Å². The Kier molecular flexibility index (Phi) is 3.97. The predicted molar refractivity (Wildman–Crippen MR) is 76.2 cm³/mol. The lowest BCUT2D eigenvalue weighted by atomic mass is 10.2. The summed E-state index contributed by atoms with van der Waals surface area (Å²) in [5, 5.41) is 4.92. The van der Waals surface area contributed by atoms with Crippen molar-refractivity contribution in [2.45, 2.75) is 20.5 Å². The fraction of sp³-hybridized carbons (Fsp3) is 0.308. The van der Waals surface area contributed by atoms with Crippen molar-refractivity contribution in [3.63, 3.8) is 0 Å². The van der Waals surface area contributed by atoms with Gasteiger partial charge in [-0.3, -0.25) is 4.68 Å². The van der Waals surface area contributed by atoms with Crippen LogP contribution in [0.1, 0.15) is 17.0 Å². The maximum absolute atomic E-state index is 6.17. The van der Waals surface area contributed by atoms with Crippen LogP contribution in [0.2, 0.25) is 5.02 Å². The van der Waals surface area contributed by atoms with Crippen LogP contribution in [0.3, 0.4) is 0 Å². The fourth-order valence-electron chi connectivity index (χ4n) is 1.70. The maximum atomic E-state index is 6.17. The van der Waals surface area contributed by atoms with Crippen LogP contribution in [-0.4, -0.2) is 9.78 Å². The third kappa shape index (κ3) is 2.70. The standard InChI is InChI=1S/C13H14BrClN2O/c1-8-6-10(4-5-11(8)14)18-7-12-13(15)9(2)16-17(12)3/h4-6H,7H2,1-3H3. The van der Waals surface area contributed by atoms with E-state index in [0.717, 1.165) is 27.2 Å². The Hall–Kier alpha value is -1.00. The van der Waals surface area contributed by atoms with Gasteiger partial charge in [0.1, 0.15) is 12.4 Å². The number of rotatable bonds is 3. The van der Waals surface area contributed by atoms with Crippen LogP contribution in [0.15, 0.2) is 22.7 Å². The quantitative estimate of drug-likeness (QED) is 0.850. The van der Waals surface area contributed by atoms with Gasteiger partial charge in [0.05, 0.1) is 16.4 Å². The number of nitrogens with zero attached hydrogens (tertiary/aromatic N) is 2. The summed E-state index contributed by atoms with van der Waals surface area (Å²) in [5.74, 6) is 0.825. The van der Waals surface area contributed by atoms with Crippen molar-refractivity contribution < 1.29 is 4.74 Å². The minimum Gasteiger partial charge on any atom is -0.487 e. The molecule has 3 nitrogen and oxygen atoms in total. The van der Waals surface area contributed by atoms with Crippen molar-refractivity contribution in [2.75, 3.05) is 0 Å². The maximum Gasteiger partial charge on any atom is 0.131 e. The lowest BCUT2D eigenvalue weighted by Crippen LogP contribution is -2.03. The zero-order chi connectivity index (χ0) is 13.3. The molecule has 0 fully saturated rings. The third-order valence-electron chi connectivity index (χ3n) is 2.77. The third-order valence-corrected chi connectivity index (χ3v) is 4.15. The predicted octanol–water partition coefficient (Wildman–Crippen LogP) is 4.03. The summed E-state index contributed by atoms with van der Waals surface area (Å²) in [7, 11) is 1.87. The molecule has 0 N–H and O–H groups in total. The summed E-state index contributed by atoms with van der Waals surface area (Å²) < 4.78 is 8.56. The summed E-state index contributed by atoms with van der Waals surface area (Å²) in [6.45, 7) is 4.32. The van der Waals surface area contributed by atoms with Gasteiger partial charge in [0, 0.05) is 11.5 Å². The molecule has 0 unspecified atom stereocenters. The van der Waals surface area contributed by atoms with E-state index in [9.17, 15) is 0 Å². The van der Waals surface area contributed by atoms with E-state index in [1.54, 1.807) is 4.68 Å². The van der Waals surface area contributed by atoms with Crippen molar-refractivity contribution in [2.24, 2.45) is 7.05 Å². The lowest BCUT2D eigenvalue weighted by Gasteiger charge is -2.08. The number of hydrogen-bond donors (Lipinski definition) is 0. The first-order valence-electron chi connectivity index (χ1n) is 5.56. The van der Waals surface area contributed by atoms with Gasteiger partial charge in [0.15, 0.2) is 0 Å². The Morgan fingerprint density at radius 1 is 1.39 bits per heavy atom. The zero-order valence-electron chi connectivity index (χ0n) is 10.5. The highest BCUT2D eigenvalue weighted by Crippen LogP contribution is 2.24. The second kappa shape index (κ2) is 5.33. The van der Waals surface area contributed by atoms with Crippen LogP contribution in [0.25, 0.3) is 0 Å². The largest absolute Gasteiger partial charge is 0.487 e. The summed E-state index contributed by atoms with van der Waals surface area (Å²) in [4.78, 5) is 0. The van der Waals surface area contributed by atoms with E-state index in [0.29, 0.717) is 11.6 Å². The van der Waals surface area contributed by atoms with Gasteiger partial charge in [0.2, 0.25) is 0 Å². The topological polar surface area (TPSA) is 27.1 Å². The van der Waals surface area contributed by atoms with Gasteiger partial charge in [-0.2, -0.15) is 5.10 Å². The first kappa shape index (κ1) is 13.4. The van der Waals surface area contributed by atoms with Gasteiger partial charge in [-0.05, 0) is 37.6 Å². The second-order valence-corrected chi connectivity index (χ2v) is 5.40. The molecule has 0 aliphatic heterocycles. The van der Waals surface area contributed by atoms with Gasteiger partial charge >= 0.3 is 0 Å². The van der Waals surface area contributed by atoms with Crippen molar-refractivity contribution >= 4 is 27.5 Å². The molecule has 0 amide bonds. The van der Waals surface area contributed by atoms with E-state index in [1.165, 1.54) is 0 Å². The smallest absolute Gasteiger partial charge is 0.131 e. The molecule has 1 heterocycles. The molecule has 0 bridgehead atoms. The molecular weight excluding hydrogens is 316 g/mol. The number of aryl methyl sites for hydroxylation is 3. The van der Waals surface area contributed by atoms with E-state index < -0.39 is 0 Å². The van der Waals surface area contributed by atoms with E-state index in [1.807, 2.05) is 39.1 Å². The molecule has 2 aromatic rings. The van der Waals surface area contributed by atoms with E-state index >= 15 is 0 Å². The highest BCUT2D eigenvalue weighted by molar-refractivity contribution is 9.10. The number of halogens is 2. The van der Waals surface area contributed by atoms with E-state index in [2.05, 4.69) is 21.0 Å². The molecule has 1 aromatic carbocycles. The first-order chi connectivity index (χ1) is 8.49. The molecule has 0 spiro atoms. The normalized spacial score (nSPS) is 10.7. The molecule has 0 aliphatic rings. The Labute approximate surface area is 120 Å². The van der Waals surface area contributed by atoms with Crippen LogP contribution in [0.4, 0.5) is 0 Å². The Morgan fingerprint density at radius 3 is 2.67 bits per heavy atom. The molecule has 0 radical (unpaired) electrons. The van der Waals surface area contributed by atoms with Crippen molar-refractivity contribution in [3.05, 3.63) is 44.6 Å². The summed E-state index contributed by atoms with van der Waals surface area (Å²) in [6, 6.07) is 5.89. The fourth-order valence-corrected chi connectivity index (χ4v) is 2.16. The van der Waals surface area contributed by atoms with E-state index in [4.69, 9.17) is 16.3 Å². The molecule has 96 valence electrons. The van der Waals surface area contributed by atoms with Crippen molar-refractivity contribution in [1.29, 1.82) is 0 Å². The van der Waals surface area contributed by atoms with Gasteiger partial charge in [0.25, 0.3) is 0 Å². The molecule has 5 heteroatoms. The molecule has 0 aliphatic carbocycles. The number of hydrogen-bond acceptors (Lipinski definition) is 2. The number of aromatic nitrogens is 2. The average molecular weight is 330 g/mol. The molecule has 1 aromatic heterocycles. The van der Waals surface area contributed by atoms with Gasteiger partial charge in [-0.25, -0.2) is 0 Å². The molecule has 0 saturated carbocycles. The molecular formula is C13H14BrClN2O. The summed E-state index contributed by atoms with van der Waals surface area (Å²) in [6.07, 6.45) is 0. The lowest BCUT2D eigenvalue weighted by molar-refractivity contribution is 0.294. The molecule has 0 saturated heterocycles. The van der Waals surface area contributed by atoms with Crippen LogP contribution in [-0.2, 0) is 13.7 Å². The monoisotopic (exact) mass is 328 g/mol. The Bertz CT molecular complexity index is 581. The highest BCUT2D eigenvalue weighted by atomic mass is 79.9. The van der Waals surface area contributed by atoms with Crippen LogP contribution < -0.4 is 4.74 Å². The minimum atomic E-state index is 0.414. The highest BCUT2D eigenvalue weighted by Gasteiger charge is 2.11. The molecule has 0 atom stereocenters. The van der Waals surface area contributed by atoms with Crippen molar-refractivity contribution in [1.82, 2.24) is 9.78 Å². The van der Waals surface area contributed by atoms with E-state index in [-0.39, 0.29) is 0 Å². The Balaban J connectivity index is 2.14. The second-order valence-electron chi connectivity index (χ2n) is 4.17. The summed E-state index contributed by atoms with van der Waals surface area (Å²) in [5.41, 5.74) is 2.85. The van der Waals surface area contributed by atoms with Crippen LogP contribution in [0, 0.1) is 13.8 Å². The van der Waals surface area contributed by atoms with Crippen LogP contribution in [0.5, 0.6) is 5.75 Å². The SMILES string of the molecule is Cc1cc(OCc2c(Cl)c(C)nn2C)ccc1Br.